The molecule has 0 aliphatic heterocycles. The van der Waals surface area contributed by atoms with E-state index in [4.69, 9.17) is 4.42 Å². The molecule has 2 rings (SSSR count). The van der Waals surface area contributed by atoms with Gasteiger partial charge in [-0.15, -0.1) is 0 Å². The third-order valence-corrected chi connectivity index (χ3v) is 2.78. The molecule has 1 aliphatic carbocycles. The minimum atomic E-state index is 0.765. The third kappa shape index (κ3) is 2.58. The maximum Gasteiger partial charge on any atom is 0.208 e. The smallest absolute Gasteiger partial charge is 0.208 e. The second kappa shape index (κ2) is 4.13. The van der Waals surface area contributed by atoms with Crippen LogP contribution >= 0.6 is 0 Å². The van der Waals surface area contributed by atoms with E-state index in [0.717, 1.165) is 36.4 Å². The fraction of sp³-hybridized carbons (Fsp3) is 0.727. The van der Waals surface area contributed by atoms with Crippen molar-refractivity contribution >= 4 is 0 Å². The zero-order valence-corrected chi connectivity index (χ0v) is 8.97. The fourth-order valence-corrected chi connectivity index (χ4v) is 1.52. The maximum atomic E-state index is 5.46. The topological polar surface area (TPSA) is 38.1 Å². The van der Waals surface area contributed by atoms with Crippen molar-refractivity contribution in [3.05, 3.63) is 17.3 Å². The molecule has 1 aromatic heterocycles. The molecule has 0 spiro atoms. The molecule has 3 heteroatoms. The second-order valence-corrected chi connectivity index (χ2v) is 4.16. The Morgan fingerprint density at radius 1 is 1.43 bits per heavy atom. The lowest BCUT2D eigenvalue weighted by Gasteiger charge is -1.99. The Balaban J connectivity index is 1.68. The van der Waals surface area contributed by atoms with Gasteiger partial charge in [0.05, 0.1) is 12.2 Å². The first kappa shape index (κ1) is 9.71. The molecule has 0 radical (unpaired) electrons. The summed E-state index contributed by atoms with van der Waals surface area (Å²) in [7, 11) is 0. The molecule has 0 bridgehead atoms. The molecule has 0 saturated heterocycles. The molecule has 1 N–H and O–H groups in total. The molecule has 0 atom stereocenters. The number of aromatic nitrogens is 1. The van der Waals surface area contributed by atoms with E-state index in [9.17, 15) is 0 Å². The predicted molar refractivity (Wildman–Crippen MR) is 55.0 cm³/mol. The molecule has 1 heterocycles. The Bertz CT molecular complexity index is 283. The third-order valence-electron chi connectivity index (χ3n) is 2.78. The number of rotatable bonds is 5. The van der Waals surface area contributed by atoms with Gasteiger partial charge in [-0.25, -0.2) is 4.98 Å². The molecule has 1 aromatic rings. The van der Waals surface area contributed by atoms with Crippen molar-refractivity contribution in [2.75, 3.05) is 6.54 Å². The molecule has 1 aliphatic rings. The van der Waals surface area contributed by atoms with Crippen molar-refractivity contribution in [1.29, 1.82) is 0 Å². The summed E-state index contributed by atoms with van der Waals surface area (Å²) in [6.07, 6.45) is 4.16. The van der Waals surface area contributed by atoms with Crippen LogP contribution in [-0.4, -0.2) is 11.5 Å². The second-order valence-electron chi connectivity index (χ2n) is 4.16. The normalized spacial score (nSPS) is 16.1. The Hall–Kier alpha value is -0.830. The van der Waals surface area contributed by atoms with E-state index in [2.05, 4.69) is 10.3 Å². The molecule has 14 heavy (non-hydrogen) atoms. The SMILES string of the molecule is Cc1nc(CNCCC2CC2)oc1C. The minimum absolute atomic E-state index is 0.765. The van der Waals surface area contributed by atoms with Crippen molar-refractivity contribution < 1.29 is 4.42 Å². The van der Waals surface area contributed by atoms with E-state index in [0.29, 0.717) is 0 Å². The number of hydrogen-bond donors (Lipinski definition) is 1. The van der Waals surface area contributed by atoms with E-state index in [-0.39, 0.29) is 0 Å². The number of nitrogens with zero attached hydrogens (tertiary/aromatic N) is 1. The van der Waals surface area contributed by atoms with Gasteiger partial charge in [-0.05, 0) is 32.7 Å². The summed E-state index contributed by atoms with van der Waals surface area (Å²) in [6.45, 7) is 5.79. The van der Waals surface area contributed by atoms with E-state index >= 15 is 0 Å². The fourth-order valence-electron chi connectivity index (χ4n) is 1.52. The van der Waals surface area contributed by atoms with Crippen molar-refractivity contribution in [3.63, 3.8) is 0 Å². The van der Waals surface area contributed by atoms with E-state index < -0.39 is 0 Å². The zero-order valence-electron chi connectivity index (χ0n) is 8.97. The molecule has 1 saturated carbocycles. The quantitative estimate of drug-likeness (QED) is 0.730. The zero-order chi connectivity index (χ0) is 9.97. The largest absolute Gasteiger partial charge is 0.444 e. The van der Waals surface area contributed by atoms with Crippen LogP contribution in [0.4, 0.5) is 0 Å². The van der Waals surface area contributed by atoms with E-state index in [1.54, 1.807) is 0 Å². The van der Waals surface area contributed by atoms with Crippen LogP contribution in [0, 0.1) is 19.8 Å². The first-order valence-corrected chi connectivity index (χ1v) is 5.39. The molecule has 0 amide bonds. The molecule has 78 valence electrons. The highest BCUT2D eigenvalue weighted by Gasteiger charge is 2.20. The average Bonchev–Trinajstić information content (AvgIpc) is 2.90. The van der Waals surface area contributed by atoms with Gasteiger partial charge in [0.1, 0.15) is 5.76 Å². The van der Waals surface area contributed by atoms with Crippen LogP contribution in [0.15, 0.2) is 4.42 Å². The standard InChI is InChI=1S/C11H18N2O/c1-8-9(2)14-11(13-8)7-12-6-5-10-3-4-10/h10,12H,3-7H2,1-2H3. The van der Waals surface area contributed by atoms with Gasteiger partial charge < -0.3 is 9.73 Å². The van der Waals surface area contributed by atoms with Crippen LogP contribution in [0.3, 0.4) is 0 Å². The summed E-state index contributed by atoms with van der Waals surface area (Å²) >= 11 is 0. The number of aryl methyl sites for hydroxylation is 2. The van der Waals surface area contributed by atoms with Gasteiger partial charge in [0.2, 0.25) is 5.89 Å². The molecule has 0 unspecified atom stereocenters. The summed E-state index contributed by atoms with van der Waals surface area (Å²) in [5, 5.41) is 3.36. The molecule has 0 aromatic carbocycles. The Morgan fingerprint density at radius 2 is 2.21 bits per heavy atom. The van der Waals surface area contributed by atoms with Crippen LogP contribution in [0.2, 0.25) is 0 Å². The molecule has 3 nitrogen and oxygen atoms in total. The highest BCUT2D eigenvalue weighted by molar-refractivity contribution is 5.05. The predicted octanol–water partition coefficient (Wildman–Crippen LogP) is 2.18. The van der Waals surface area contributed by atoms with Crippen LogP contribution in [0.25, 0.3) is 0 Å². The summed E-state index contributed by atoms with van der Waals surface area (Å²) < 4.78 is 5.46. The molecular weight excluding hydrogens is 176 g/mol. The first-order chi connectivity index (χ1) is 6.75. The summed E-state index contributed by atoms with van der Waals surface area (Å²) in [5.41, 5.74) is 1.00. The van der Waals surface area contributed by atoms with Gasteiger partial charge in [0, 0.05) is 0 Å². The Kier molecular flexibility index (Phi) is 2.87. The summed E-state index contributed by atoms with van der Waals surface area (Å²) in [5.74, 6) is 2.75. The van der Waals surface area contributed by atoms with Gasteiger partial charge in [-0.2, -0.15) is 0 Å². The number of hydrogen-bond acceptors (Lipinski definition) is 3. The van der Waals surface area contributed by atoms with Gasteiger partial charge in [-0.3, -0.25) is 0 Å². The maximum absolute atomic E-state index is 5.46. The van der Waals surface area contributed by atoms with Crippen molar-refractivity contribution in [3.8, 4) is 0 Å². The van der Waals surface area contributed by atoms with Crippen LogP contribution in [-0.2, 0) is 6.54 Å². The van der Waals surface area contributed by atoms with Crippen molar-refractivity contribution in [1.82, 2.24) is 10.3 Å². The summed E-state index contributed by atoms with van der Waals surface area (Å²) in [4.78, 5) is 4.31. The summed E-state index contributed by atoms with van der Waals surface area (Å²) in [6, 6.07) is 0. The number of oxazole rings is 1. The minimum Gasteiger partial charge on any atom is -0.444 e. The van der Waals surface area contributed by atoms with Gasteiger partial charge in [-0.1, -0.05) is 12.8 Å². The van der Waals surface area contributed by atoms with Crippen LogP contribution < -0.4 is 5.32 Å². The molecular formula is C11H18N2O. The van der Waals surface area contributed by atoms with Gasteiger partial charge >= 0.3 is 0 Å². The van der Waals surface area contributed by atoms with Crippen molar-refractivity contribution in [2.24, 2.45) is 5.92 Å². The van der Waals surface area contributed by atoms with Crippen LogP contribution in [0.5, 0.6) is 0 Å². The van der Waals surface area contributed by atoms with Gasteiger partial charge in [0.25, 0.3) is 0 Å². The lowest BCUT2D eigenvalue weighted by Crippen LogP contribution is -2.15. The Labute approximate surface area is 84.9 Å². The van der Waals surface area contributed by atoms with E-state index in [1.165, 1.54) is 19.3 Å². The highest BCUT2D eigenvalue weighted by Crippen LogP contribution is 2.31. The molecule has 1 fully saturated rings. The first-order valence-electron chi connectivity index (χ1n) is 5.39. The van der Waals surface area contributed by atoms with Gasteiger partial charge in [0.15, 0.2) is 0 Å². The Morgan fingerprint density at radius 3 is 2.79 bits per heavy atom. The number of nitrogens with one attached hydrogen (secondary N) is 1. The lowest BCUT2D eigenvalue weighted by atomic mass is 10.3. The van der Waals surface area contributed by atoms with E-state index in [1.807, 2.05) is 13.8 Å². The van der Waals surface area contributed by atoms with Crippen molar-refractivity contribution in [2.45, 2.75) is 39.7 Å². The lowest BCUT2D eigenvalue weighted by molar-refractivity contribution is 0.445. The average molecular weight is 194 g/mol. The monoisotopic (exact) mass is 194 g/mol. The highest BCUT2D eigenvalue weighted by atomic mass is 16.4. The van der Waals surface area contributed by atoms with Crippen LogP contribution in [0.1, 0.15) is 36.6 Å².